The van der Waals surface area contributed by atoms with Gasteiger partial charge in [-0.2, -0.15) is 0 Å². The Hall–Kier alpha value is -0.570. The molecule has 2 nitrogen and oxygen atoms in total. The summed E-state index contributed by atoms with van der Waals surface area (Å²) in [5.74, 6) is 1.12. The van der Waals surface area contributed by atoms with Gasteiger partial charge in [-0.15, -0.1) is 0 Å². The smallest absolute Gasteiger partial charge is 0.0474 e. The lowest BCUT2D eigenvalue weighted by Crippen LogP contribution is -2.50. The standard InChI is InChI=1S/C17H24ClNO/c18-15-6-3-5-12(8-15)14-9-16(10-14)19-17-7-2-1-4-13(17)11-20/h3,5-6,8,13-14,16-17,19-20H,1-2,4,7,9-11H2. The zero-order valence-electron chi connectivity index (χ0n) is 11.9. The molecule has 1 aromatic rings. The summed E-state index contributed by atoms with van der Waals surface area (Å²) in [7, 11) is 0. The predicted octanol–water partition coefficient (Wildman–Crippen LogP) is 3.73. The second kappa shape index (κ2) is 6.46. The van der Waals surface area contributed by atoms with Crippen LogP contribution in [0.1, 0.15) is 50.0 Å². The van der Waals surface area contributed by atoms with E-state index < -0.39 is 0 Å². The first kappa shape index (κ1) is 14.4. The van der Waals surface area contributed by atoms with E-state index in [-0.39, 0.29) is 0 Å². The van der Waals surface area contributed by atoms with Gasteiger partial charge < -0.3 is 10.4 Å². The van der Waals surface area contributed by atoms with Crippen molar-refractivity contribution < 1.29 is 5.11 Å². The molecule has 2 N–H and O–H groups in total. The van der Waals surface area contributed by atoms with E-state index in [0.29, 0.717) is 30.5 Å². The van der Waals surface area contributed by atoms with E-state index in [1.54, 1.807) is 0 Å². The molecule has 3 rings (SSSR count). The number of aliphatic hydroxyl groups excluding tert-OH is 1. The molecule has 1 aromatic carbocycles. The summed E-state index contributed by atoms with van der Waals surface area (Å²) in [6, 6.07) is 9.41. The molecule has 2 aliphatic carbocycles. The Balaban J connectivity index is 1.50. The van der Waals surface area contributed by atoms with E-state index in [1.807, 2.05) is 12.1 Å². The monoisotopic (exact) mass is 293 g/mol. The van der Waals surface area contributed by atoms with Crippen LogP contribution in [0.5, 0.6) is 0 Å². The molecule has 0 amide bonds. The molecule has 2 unspecified atom stereocenters. The van der Waals surface area contributed by atoms with Crippen molar-refractivity contribution in [3.8, 4) is 0 Å². The SMILES string of the molecule is OCC1CCCCC1NC1CC(c2cccc(Cl)c2)C1. The number of aliphatic hydroxyl groups is 1. The van der Waals surface area contributed by atoms with Gasteiger partial charge in [0.1, 0.15) is 0 Å². The number of rotatable bonds is 4. The van der Waals surface area contributed by atoms with Gasteiger partial charge in [0.05, 0.1) is 0 Å². The summed E-state index contributed by atoms with van der Waals surface area (Å²) in [6.07, 6.45) is 7.39. The Morgan fingerprint density at radius 2 is 2.00 bits per heavy atom. The highest BCUT2D eigenvalue weighted by Crippen LogP contribution is 2.38. The fourth-order valence-electron chi connectivity index (χ4n) is 3.73. The Labute approximate surface area is 126 Å². The number of benzene rings is 1. The Morgan fingerprint density at radius 3 is 2.75 bits per heavy atom. The molecule has 2 aliphatic rings. The van der Waals surface area contributed by atoms with Crippen LogP contribution in [-0.2, 0) is 0 Å². The van der Waals surface area contributed by atoms with Crippen molar-refractivity contribution in [2.24, 2.45) is 5.92 Å². The van der Waals surface area contributed by atoms with Crippen LogP contribution < -0.4 is 5.32 Å². The minimum Gasteiger partial charge on any atom is -0.396 e. The van der Waals surface area contributed by atoms with Gasteiger partial charge in [0.25, 0.3) is 0 Å². The molecular formula is C17H24ClNO. The summed E-state index contributed by atoms with van der Waals surface area (Å²) in [6.45, 7) is 0.335. The van der Waals surface area contributed by atoms with Crippen LogP contribution in [0.15, 0.2) is 24.3 Å². The van der Waals surface area contributed by atoms with Crippen molar-refractivity contribution in [3.05, 3.63) is 34.9 Å². The van der Waals surface area contributed by atoms with Crippen LogP contribution >= 0.6 is 11.6 Å². The van der Waals surface area contributed by atoms with Gasteiger partial charge in [0.2, 0.25) is 0 Å². The van der Waals surface area contributed by atoms with Crippen LogP contribution in [0.4, 0.5) is 0 Å². The van der Waals surface area contributed by atoms with E-state index in [9.17, 15) is 5.11 Å². The fraction of sp³-hybridized carbons (Fsp3) is 0.647. The minimum absolute atomic E-state index is 0.335. The number of hydrogen-bond acceptors (Lipinski definition) is 2. The third kappa shape index (κ3) is 3.19. The lowest BCUT2D eigenvalue weighted by atomic mass is 9.74. The number of hydrogen-bond donors (Lipinski definition) is 2. The maximum atomic E-state index is 9.47. The van der Waals surface area contributed by atoms with E-state index in [0.717, 1.165) is 5.02 Å². The zero-order valence-corrected chi connectivity index (χ0v) is 12.6. The molecule has 3 heteroatoms. The highest BCUT2D eigenvalue weighted by Gasteiger charge is 2.34. The van der Waals surface area contributed by atoms with Gasteiger partial charge in [-0.1, -0.05) is 36.6 Å². The summed E-state index contributed by atoms with van der Waals surface area (Å²) in [5, 5.41) is 14.1. The Bertz CT molecular complexity index is 444. The van der Waals surface area contributed by atoms with Crippen LogP contribution in [0.2, 0.25) is 5.02 Å². The molecule has 0 heterocycles. The van der Waals surface area contributed by atoms with Crippen molar-refractivity contribution in [1.82, 2.24) is 5.32 Å². The highest BCUT2D eigenvalue weighted by molar-refractivity contribution is 6.30. The first-order valence-electron chi connectivity index (χ1n) is 7.88. The van der Waals surface area contributed by atoms with Crippen molar-refractivity contribution in [3.63, 3.8) is 0 Å². The molecule has 0 aliphatic heterocycles. The third-order valence-electron chi connectivity index (χ3n) is 5.05. The van der Waals surface area contributed by atoms with Crippen molar-refractivity contribution in [2.75, 3.05) is 6.61 Å². The average molecular weight is 294 g/mol. The Kier molecular flexibility index (Phi) is 4.65. The highest BCUT2D eigenvalue weighted by atomic mass is 35.5. The van der Waals surface area contributed by atoms with Crippen LogP contribution in [0.3, 0.4) is 0 Å². The van der Waals surface area contributed by atoms with Crippen LogP contribution in [-0.4, -0.2) is 23.8 Å². The number of nitrogens with one attached hydrogen (secondary N) is 1. The van der Waals surface area contributed by atoms with Gasteiger partial charge in [0.15, 0.2) is 0 Å². The van der Waals surface area contributed by atoms with Gasteiger partial charge in [-0.05, 0) is 55.2 Å². The number of halogens is 1. The van der Waals surface area contributed by atoms with Gasteiger partial charge in [0, 0.05) is 23.7 Å². The average Bonchev–Trinajstić information content (AvgIpc) is 2.42. The molecule has 0 aromatic heterocycles. The van der Waals surface area contributed by atoms with E-state index in [1.165, 1.54) is 44.1 Å². The Morgan fingerprint density at radius 1 is 1.20 bits per heavy atom. The molecule has 2 fully saturated rings. The summed E-state index contributed by atoms with van der Waals surface area (Å²) >= 11 is 6.06. The second-order valence-corrected chi connectivity index (χ2v) is 6.86. The summed E-state index contributed by atoms with van der Waals surface area (Å²) in [4.78, 5) is 0. The van der Waals surface area contributed by atoms with E-state index >= 15 is 0 Å². The summed E-state index contributed by atoms with van der Waals surface area (Å²) in [5.41, 5.74) is 1.37. The molecule has 20 heavy (non-hydrogen) atoms. The van der Waals surface area contributed by atoms with Crippen molar-refractivity contribution in [1.29, 1.82) is 0 Å². The van der Waals surface area contributed by atoms with Crippen LogP contribution in [0.25, 0.3) is 0 Å². The third-order valence-corrected chi connectivity index (χ3v) is 5.29. The zero-order chi connectivity index (χ0) is 13.9. The molecule has 0 bridgehead atoms. The predicted molar refractivity (Wildman–Crippen MR) is 83.2 cm³/mol. The van der Waals surface area contributed by atoms with E-state index in [4.69, 9.17) is 11.6 Å². The quantitative estimate of drug-likeness (QED) is 0.886. The first-order valence-corrected chi connectivity index (χ1v) is 8.26. The lowest BCUT2D eigenvalue weighted by molar-refractivity contribution is 0.130. The van der Waals surface area contributed by atoms with E-state index in [2.05, 4.69) is 17.4 Å². The minimum atomic E-state index is 0.335. The molecule has 2 saturated carbocycles. The lowest BCUT2D eigenvalue weighted by Gasteiger charge is -2.42. The normalized spacial score (nSPS) is 33.7. The van der Waals surface area contributed by atoms with Crippen molar-refractivity contribution >= 4 is 11.6 Å². The molecule has 110 valence electrons. The maximum Gasteiger partial charge on any atom is 0.0474 e. The maximum absolute atomic E-state index is 9.47. The van der Waals surface area contributed by atoms with Gasteiger partial charge in [-0.3, -0.25) is 0 Å². The molecular weight excluding hydrogens is 270 g/mol. The fourth-order valence-corrected chi connectivity index (χ4v) is 3.93. The molecule has 0 spiro atoms. The van der Waals surface area contributed by atoms with Crippen molar-refractivity contribution in [2.45, 2.75) is 56.5 Å². The van der Waals surface area contributed by atoms with Crippen LogP contribution in [0, 0.1) is 5.92 Å². The first-order chi connectivity index (χ1) is 9.76. The molecule has 0 saturated heterocycles. The van der Waals surface area contributed by atoms with Gasteiger partial charge in [-0.25, -0.2) is 0 Å². The summed E-state index contributed by atoms with van der Waals surface area (Å²) < 4.78 is 0. The second-order valence-electron chi connectivity index (χ2n) is 6.42. The molecule has 0 radical (unpaired) electrons. The topological polar surface area (TPSA) is 32.3 Å². The van der Waals surface area contributed by atoms with Gasteiger partial charge >= 0.3 is 0 Å². The molecule has 2 atom stereocenters. The largest absolute Gasteiger partial charge is 0.396 e.